The highest BCUT2D eigenvalue weighted by Crippen LogP contribution is 2.35. The Hall–Kier alpha value is -3.75. The first-order valence-electron chi connectivity index (χ1n) is 10.8. The maximum Gasteiger partial charge on any atom is 0.254 e. The van der Waals surface area contributed by atoms with Crippen molar-refractivity contribution in [1.82, 2.24) is 19.9 Å². The van der Waals surface area contributed by atoms with Crippen LogP contribution in [0.5, 0.6) is 0 Å². The van der Waals surface area contributed by atoms with Gasteiger partial charge in [-0.15, -0.1) is 0 Å². The monoisotopic (exact) mass is 432 g/mol. The first kappa shape index (κ1) is 20.2. The molecule has 2 fully saturated rings. The highest BCUT2D eigenvalue weighted by Gasteiger charge is 2.47. The van der Waals surface area contributed by atoms with E-state index in [0.29, 0.717) is 56.2 Å². The lowest BCUT2D eigenvalue weighted by Crippen LogP contribution is -2.49. The molecule has 2 aromatic rings. The van der Waals surface area contributed by atoms with Gasteiger partial charge in [-0.25, -0.2) is 9.97 Å². The number of hydrazine groups is 1. The van der Waals surface area contributed by atoms with Crippen molar-refractivity contribution in [3.63, 3.8) is 0 Å². The summed E-state index contributed by atoms with van der Waals surface area (Å²) in [6.45, 7) is 2.44. The molecule has 2 atom stereocenters. The van der Waals surface area contributed by atoms with Crippen molar-refractivity contribution in [2.45, 2.75) is 12.8 Å². The molecule has 5 rings (SSSR count). The summed E-state index contributed by atoms with van der Waals surface area (Å²) in [5.41, 5.74) is 3.99. The van der Waals surface area contributed by atoms with Gasteiger partial charge in [-0.1, -0.05) is 18.2 Å². The van der Waals surface area contributed by atoms with Crippen molar-refractivity contribution < 1.29 is 14.4 Å². The second-order valence-electron chi connectivity index (χ2n) is 8.19. The number of nitrogens with zero attached hydrogens (tertiary/aromatic N) is 5. The fourth-order valence-corrected chi connectivity index (χ4v) is 4.51. The molecule has 9 nitrogen and oxygen atoms in total. The Morgan fingerprint density at radius 3 is 2.22 bits per heavy atom. The molecule has 1 aromatic heterocycles. The third kappa shape index (κ3) is 3.70. The zero-order valence-electron chi connectivity index (χ0n) is 17.6. The molecule has 0 radical (unpaired) electrons. The summed E-state index contributed by atoms with van der Waals surface area (Å²) in [5.74, 6) is -0.425. The van der Waals surface area contributed by atoms with Gasteiger partial charge in [-0.05, 0) is 37.1 Å². The van der Waals surface area contributed by atoms with Crippen LogP contribution < -0.4 is 10.3 Å². The quantitative estimate of drug-likeness (QED) is 0.580. The Kier molecular flexibility index (Phi) is 5.30. The smallest absolute Gasteiger partial charge is 0.254 e. The number of hydrogen-bond donors (Lipinski definition) is 1. The maximum atomic E-state index is 13.1. The van der Waals surface area contributed by atoms with Gasteiger partial charge in [0, 0.05) is 44.1 Å². The minimum atomic E-state index is -0.297. The van der Waals surface area contributed by atoms with Crippen LogP contribution in [0.1, 0.15) is 23.2 Å². The second kappa shape index (κ2) is 8.41. The third-order valence-corrected chi connectivity index (χ3v) is 6.26. The average Bonchev–Trinajstić information content (AvgIpc) is 3.09. The van der Waals surface area contributed by atoms with Crippen LogP contribution in [0.25, 0.3) is 0 Å². The summed E-state index contributed by atoms with van der Waals surface area (Å²) in [4.78, 5) is 50.8. The van der Waals surface area contributed by atoms with Gasteiger partial charge in [0.25, 0.3) is 17.7 Å². The summed E-state index contributed by atoms with van der Waals surface area (Å²) < 4.78 is 0. The topological polar surface area (TPSA) is 98.7 Å². The number of nitrogens with one attached hydrogen (secondary N) is 1. The van der Waals surface area contributed by atoms with Crippen LogP contribution in [0.3, 0.4) is 0 Å². The fraction of sp³-hybridized carbons (Fsp3) is 0.348. The van der Waals surface area contributed by atoms with E-state index in [1.807, 2.05) is 12.2 Å². The van der Waals surface area contributed by atoms with Crippen molar-refractivity contribution in [3.05, 3.63) is 60.4 Å². The molecule has 3 heterocycles. The van der Waals surface area contributed by atoms with Crippen molar-refractivity contribution >= 4 is 29.4 Å². The molecule has 0 saturated carbocycles. The lowest BCUT2D eigenvalue weighted by molar-refractivity contribution is -0.138. The Morgan fingerprint density at radius 2 is 1.56 bits per heavy atom. The van der Waals surface area contributed by atoms with Crippen molar-refractivity contribution in [2.75, 3.05) is 36.5 Å². The van der Waals surface area contributed by atoms with E-state index in [4.69, 9.17) is 0 Å². The third-order valence-electron chi connectivity index (χ3n) is 6.26. The van der Waals surface area contributed by atoms with Crippen molar-refractivity contribution in [1.29, 1.82) is 0 Å². The largest absolute Gasteiger partial charge is 0.337 e. The summed E-state index contributed by atoms with van der Waals surface area (Å²) in [5, 5.41) is 1.12. The lowest BCUT2D eigenvalue weighted by Gasteiger charge is -2.34. The summed E-state index contributed by atoms with van der Waals surface area (Å²) >= 11 is 0. The number of imide groups is 1. The summed E-state index contributed by atoms with van der Waals surface area (Å²) in [6.07, 6.45) is 8.51. The molecule has 2 aliphatic heterocycles. The molecule has 1 aromatic carbocycles. The van der Waals surface area contributed by atoms with Crippen LogP contribution in [-0.2, 0) is 9.59 Å². The minimum Gasteiger partial charge on any atom is -0.337 e. The standard InChI is InChI=1S/C23H24N6O3/c30-20(27-11-13-28(14-12-27)23-24-9-4-10-25-23)16-5-3-6-17(15-16)26-29-21(31)18-7-1-2-8-19(18)22(29)32/h1-6,9-10,15,18-19,26H,7-8,11-14H2/t18-,19-/m1/s1. The predicted molar refractivity (Wildman–Crippen MR) is 117 cm³/mol. The van der Waals surface area contributed by atoms with E-state index in [0.717, 1.165) is 5.01 Å². The Balaban J connectivity index is 1.24. The van der Waals surface area contributed by atoms with Crippen LogP contribution in [-0.4, -0.2) is 63.8 Å². The van der Waals surface area contributed by atoms with Gasteiger partial charge >= 0.3 is 0 Å². The lowest BCUT2D eigenvalue weighted by atomic mass is 9.85. The minimum absolute atomic E-state index is 0.0841. The molecule has 1 N–H and O–H groups in total. The van der Waals surface area contributed by atoms with E-state index in [1.165, 1.54) is 0 Å². The van der Waals surface area contributed by atoms with E-state index in [-0.39, 0.29) is 29.6 Å². The molecule has 9 heteroatoms. The van der Waals surface area contributed by atoms with E-state index in [1.54, 1.807) is 47.6 Å². The SMILES string of the molecule is O=C(c1cccc(NN2C(=O)[C@@H]3CC=CC[C@H]3C2=O)c1)N1CCN(c2ncccn2)CC1. The zero-order chi connectivity index (χ0) is 22.1. The number of benzene rings is 1. The van der Waals surface area contributed by atoms with Gasteiger partial charge in [0.1, 0.15) is 0 Å². The molecule has 1 aliphatic carbocycles. The number of rotatable bonds is 4. The predicted octanol–water partition coefficient (Wildman–Crippen LogP) is 1.72. The number of anilines is 2. The van der Waals surface area contributed by atoms with Crippen LogP contribution in [0, 0.1) is 11.8 Å². The summed E-state index contributed by atoms with van der Waals surface area (Å²) in [6, 6.07) is 8.72. The number of hydrogen-bond acceptors (Lipinski definition) is 7. The van der Waals surface area contributed by atoms with Gasteiger partial charge in [-0.2, -0.15) is 5.01 Å². The maximum absolute atomic E-state index is 13.1. The van der Waals surface area contributed by atoms with Gasteiger partial charge in [0.05, 0.1) is 17.5 Å². The van der Waals surface area contributed by atoms with E-state index in [2.05, 4.69) is 20.3 Å². The number of fused-ring (bicyclic) bond motifs is 1. The Bertz CT molecular complexity index is 1040. The first-order chi connectivity index (χ1) is 15.6. The molecular weight excluding hydrogens is 408 g/mol. The molecule has 32 heavy (non-hydrogen) atoms. The highest BCUT2D eigenvalue weighted by molar-refractivity contribution is 6.06. The molecule has 0 spiro atoms. The van der Waals surface area contributed by atoms with Gasteiger partial charge in [0.15, 0.2) is 0 Å². The Morgan fingerprint density at radius 1 is 0.906 bits per heavy atom. The molecular formula is C23H24N6O3. The van der Waals surface area contributed by atoms with Crippen LogP contribution in [0.15, 0.2) is 54.9 Å². The molecule has 0 unspecified atom stereocenters. The highest BCUT2D eigenvalue weighted by atomic mass is 16.2. The van der Waals surface area contributed by atoms with E-state index >= 15 is 0 Å². The number of piperazine rings is 1. The second-order valence-corrected chi connectivity index (χ2v) is 8.19. The number of allylic oxidation sites excluding steroid dienone is 2. The zero-order valence-corrected chi connectivity index (χ0v) is 17.6. The number of carbonyl (C=O) groups is 3. The summed E-state index contributed by atoms with van der Waals surface area (Å²) in [7, 11) is 0. The molecule has 3 aliphatic rings. The number of amides is 3. The number of aromatic nitrogens is 2. The van der Waals surface area contributed by atoms with E-state index in [9.17, 15) is 14.4 Å². The van der Waals surface area contributed by atoms with Crippen LogP contribution in [0.2, 0.25) is 0 Å². The van der Waals surface area contributed by atoms with Crippen molar-refractivity contribution in [2.24, 2.45) is 11.8 Å². The van der Waals surface area contributed by atoms with Crippen LogP contribution >= 0.6 is 0 Å². The molecule has 2 saturated heterocycles. The average molecular weight is 432 g/mol. The van der Waals surface area contributed by atoms with Gasteiger partial charge < -0.3 is 9.80 Å². The molecule has 164 valence electrons. The van der Waals surface area contributed by atoms with E-state index < -0.39 is 0 Å². The molecule has 0 bridgehead atoms. The normalized spacial score (nSPS) is 22.8. The fourth-order valence-electron chi connectivity index (χ4n) is 4.51. The number of carbonyl (C=O) groups excluding carboxylic acids is 3. The first-order valence-corrected chi connectivity index (χ1v) is 10.8. The van der Waals surface area contributed by atoms with Gasteiger partial charge in [0.2, 0.25) is 5.95 Å². The molecule has 3 amide bonds. The van der Waals surface area contributed by atoms with Gasteiger partial charge in [-0.3, -0.25) is 19.8 Å². The van der Waals surface area contributed by atoms with Crippen LogP contribution in [0.4, 0.5) is 11.6 Å². The van der Waals surface area contributed by atoms with Crippen molar-refractivity contribution in [3.8, 4) is 0 Å². The Labute approximate surface area is 185 Å².